The van der Waals surface area contributed by atoms with E-state index in [1.165, 1.54) is 0 Å². The molecule has 0 saturated carbocycles. The molecule has 0 spiro atoms. The number of primary amides is 1. The molecule has 0 radical (unpaired) electrons. The van der Waals surface area contributed by atoms with Crippen molar-refractivity contribution in [3.05, 3.63) is 29.8 Å². The number of hydrogen-bond donors (Lipinski definition) is 3. The zero-order valence-corrected chi connectivity index (χ0v) is 9.99. The van der Waals surface area contributed by atoms with Gasteiger partial charge in [0.1, 0.15) is 0 Å². The van der Waals surface area contributed by atoms with Gasteiger partial charge in [-0.3, -0.25) is 4.79 Å². The van der Waals surface area contributed by atoms with Gasteiger partial charge in [0.15, 0.2) is 0 Å². The highest BCUT2D eigenvalue weighted by Crippen LogP contribution is 2.09. The number of nitrogens with two attached hydrogens (primary N) is 1. The Labute approximate surface area is 100 Å². The Morgan fingerprint density at radius 3 is 2.35 bits per heavy atom. The fourth-order valence-corrected chi connectivity index (χ4v) is 1.26. The first-order valence-electron chi connectivity index (χ1n) is 5.50. The summed E-state index contributed by atoms with van der Waals surface area (Å²) in [5.74, 6) is -0.120. The lowest BCUT2D eigenvalue weighted by Crippen LogP contribution is -2.31. The van der Waals surface area contributed by atoms with E-state index in [2.05, 4.69) is 10.6 Å². The lowest BCUT2D eigenvalue weighted by atomic mass is 10.1. The van der Waals surface area contributed by atoms with Gasteiger partial charge in [-0.05, 0) is 37.6 Å². The average Bonchev–Trinajstić information content (AvgIpc) is 2.28. The summed E-state index contributed by atoms with van der Waals surface area (Å²) in [7, 11) is 0. The molecule has 1 atom stereocenters. The number of benzene rings is 1. The van der Waals surface area contributed by atoms with Crippen molar-refractivity contribution in [2.45, 2.75) is 26.3 Å². The van der Waals surface area contributed by atoms with Crippen molar-refractivity contribution in [1.29, 1.82) is 0 Å². The summed E-state index contributed by atoms with van der Waals surface area (Å²) in [4.78, 5) is 22.3. The lowest BCUT2D eigenvalue weighted by Gasteiger charge is -2.11. The maximum Gasteiger partial charge on any atom is 0.316 e. The van der Waals surface area contributed by atoms with Crippen molar-refractivity contribution in [1.82, 2.24) is 5.32 Å². The highest BCUT2D eigenvalue weighted by Gasteiger charge is 2.08. The largest absolute Gasteiger partial charge is 0.351 e. The number of amides is 3. The maximum absolute atomic E-state index is 11.7. The standard InChI is InChI=1S/C12H17N3O2/c1-3-8(2)14-11(16)9-4-6-10(7-5-9)15-12(13)17/h4-8H,3H2,1-2H3,(H,14,16)(H3,13,15,17)/t8-/m1/s1. The fourth-order valence-electron chi connectivity index (χ4n) is 1.26. The smallest absolute Gasteiger partial charge is 0.316 e. The maximum atomic E-state index is 11.7. The molecule has 0 heterocycles. The SMILES string of the molecule is CC[C@@H](C)NC(=O)c1ccc(NC(N)=O)cc1. The van der Waals surface area contributed by atoms with Crippen molar-refractivity contribution >= 4 is 17.6 Å². The number of carbonyl (C=O) groups excluding carboxylic acids is 2. The Balaban J connectivity index is 2.67. The number of carbonyl (C=O) groups is 2. The summed E-state index contributed by atoms with van der Waals surface area (Å²) in [6, 6.07) is 6.08. The Morgan fingerprint density at radius 1 is 1.29 bits per heavy atom. The van der Waals surface area contributed by atoms with Crippen molar-refractivity contribution in [3.63, 3.8) is 0 Å². The molecule has 0 fully saturated rings. The van der Waals surface area contributed by atoms with E-state index in [9.17, 15) is 9.59 Å². The topological polar surface area (TPSA) is 84.2 Å². The quantitative estimate of drug-likeness (QED) is 0.742. The Kier molecular flexibility index (Phi) is 4.51. The summed E-state index contributed by atoms with van der Waals surface area (Å²) < 4.78 is 0. The summed E-state index contributed by atoms with van der Waals surface area (Å²) in [5, 5.41) is 5.29. The van der Waals surface area contributed by atoms with E-state index < -0.39 is 6.03 Å². The second-order valence-corrected chi connectivity index (χ2v) is 3.85. The highest BCUT2D eigenvalue weighted by molar-refractivity contribution is 5.95. The molecule has 0 aliphatic carbocycles. The number of hydrogen-bond acceptors (Lipinski definition) is 2. The molecule has 0 unspecified atom stereocenters. The molecule has 4 N–H and O–H groups in total. The molecule has 17 heavy (non-hydrogen) atoms. The molecule has 0 aliphatic rings. The molecule has 5 heteroatoms. The van der Waals surface area contributed by atoms with Crippen LogP contribution in [0.5, 0.6) is 0 Å². The number of nitrogens with one attached hydrogen (secondary N) is 2. The third-order valence-corrected chi connectivity index (χ3v) is 2.40. The third-order valence-electron chi connectivity index (χ3n) is 2.40. The van der Waals surface area contributed by atoms with Crippen LogP contribution in [0, 0.1) is 0 Å². The van der Waals surface area contributed by atoms with Gasteiger partial charge in [-0.15, -0.1) is 0 Å². The fraction of sp³-hybridized carbons (Fsp3) is 0.333. The predicted molar refractivity (Wildman–Crippen MR) is 66.9 cm³/mol. The van der Waals surface area contributed by atoms with Crippen LogP contribution in [0.3, 0.4) is 0 Å². The number of anilines is 1. The first kappa shape index (κ1) is 13.0. The van der Waals surface area contributed by atoms with Crippen LogP contribution in [-0.2, 0) is 0 Å². The van der Waals surface area contributed by atoms with Gasteiger partial charge in [0.2, 0.25) is 0 Å². The van der Waals surface area contributed by atoms with Crippen LogP contribution in [-0.4, -0.2) is 18.0 Å². The first-order chi connectivity index (χ1) is 8.02. The Bertz CT molecular complexity index is 401. The van der Waals surface area contributed by atoms with Gasteiger partial charge in [0.25, 0.3) is 5.91 Å². The van der Waals surface area contributed by atoms with E-state index >= 15 is 0 Å². The molecule has 1 rings (SSSR count). The van der Waals surface area contributed by atoms with Crippen LogP contribution in [0.15, 0.2) is 24.3 Å². The molecule has 0 bridgehead atoms. The molecule has 0 saturated heterocycles. The van der Waals surface area contributed by atoms with Gasteiger partial charge < -0.3 is 16.4 Å². The van der Waals surface area contributed by atoms with Gasteiger partial charge in [-0.25, -0.2) is 4.79 Å². The zero-order chi connectivity index (χ0) is 12.8. The summed E-state index contributed by atoms with van der Waals surface area (Å²) >= 11 is 0. The first-order valence-corrected chi connectivity index (χ1v) is 5.50. The monoisotopic (exact) mass is 235 g/mol. The van der Waals surface area contributed by atoms with Crippen LogP contribution in [0.25, 0.3) is 0 Å². The normalized spacial score (nSPS) is 11.6. The molecule has 0 aliphatic heterocycles. The van der Waals surface area contributed by atoms with Crippen molar-refractivity contribution < 1.29 is 9.59 Å². The van der Waals surface area contributed by atoms with E-state index in [4.69, 9.17) is 5.73 Å². The second kappa shape index (κ2) is 5.89. The van der Waals surface area contributed by atoms with E-state index in [0.717, 1.165) is 6.42 Å². The van der Waals surface area contributed by atoms with Gasteiger partial charge in [-0.1, -0.05) is 6.92 Å². The van der Waals surface area contributed by atoms with Crippen LogP contribution >= 0.6 is 0 Å². The van der Waals surface area contributed by atoms with Crippen LogP contribution in [0.1, 0.15) is 30.6 Å². The summed E-state index contributed by atoms with van der Waals surface area (Å²) in [6.45, 7) is 3.95. The van der Waals surface area contributed by atoms with Gasteiger partial charge in [-0.2, -0.15) is 0 Å². The number of urea groups is 1. The van der Waals surface area contributed by atoms with E-state index in [1.54, 1.807) is 24.3 Å². The molecular formula is C12H17N3O2. The van der Waals surface area contributed by atoms with Gasteiger partial charge in [0, 0.05) is 17.3 Å². The predicted octanol–water partition coefficient (Wildman–Crippen LogP) is 1.71. The summed E-state index contributed by atoms with van der Waals surface area (Å²) in [5.41, 5.74) is 6.10. The number of rotatable bonds is 4. The van der Waals surface area contributed by atoms with Gasteiger partial charge >= 0.3 is 6.03 Å². The van der Waals surface area contributed by atoms with Crippen molar-refractivity contribution in [2.24, 2.45) is 5.73 Å². The average molecular weight is 235 g/mol. The molecular weight excluding hydrogens is 218 g/mol. The molecule has 92 valence electrons. The third kappa shape index (κ3) is 4.14. The van der Waals surface area contributed by atoms with Crippen LogP contribution in [0.2, 0.25) is 0 Å². The van der Waals surface area contributed by atoms with Crippen LogP contribution < -0.4 is 16.4 Å². The highest BCUT2D eigenvalue weighted by atomic mass is 16.2. The van der Waals surface area contributed by atoms with Gasteiger partial charge in [0.05, 0.1) is 0 Å². The van der Waals surface area contributed by atoms with E-state index in [-0.39, 0.29) is 11.9 Å². The second-order valence-electron chi connectivity index (χ2n) is 3.85. The minimum Gasteiger partial charge on any atom is -0.351 e. The van der Waals surface area contributed by atoms with Crippen molar-refractivity contribution in [3.8, 4) is 0 Å². The molecule has 5 nitrogen and oxygen atoms in total. The zero-order valence-electron chi connectivity index (χ0n) is 9.99. The minimum absolute atomic E-state index is 0.120. The Morgan fingerprint density at radius 2 is 1.88 bits per heavy atom. The molecule has 1 aromatic carbocycles. The van der Waals surface area contributed by atoms with Crippen molar-refractivity contribution in [2.75, 3.05) is 5.32 Å². The Hall–Kier alpha value is -2.04. The van der Waals surface area contributed by atoms with E-state index in [1.807, 2.05) is 13.8 Å². The molecule has 1 aromatic rings. The lowest BCUT2D eigenvalue weighted by molar-refractivity contribution is 0.0939. The molecule has 3 amide bonds. The summed E-state index contributed by atoms with van der Waals surface area (Å²) in [6.07, 6.45) is 0.882. The van der Waals surface area contributed by atoms with Crippen LogP contribution in [0.4, 0.5) is 10.5 Å². The minimum atomic E-state index is -0.623. The van der Waals surface area contributed by atoms with E-state index in [0.29, 0.717) is 11.3 Å². The molecule has 0 aromatic heterocycles.